The molecular formula is C14H16O. The first-order valence-electron chi connectivity index (χ1n) is 5.28. The molecule has 0 amide bonds. The van der Waals surface area contributed by atoms with Crippen LogP contribution in [0.25, 0.3) is 0 Å². The Hall–Kier alpha value is -1.55. The molecule has 0 aliphatic heterocycles. The predicted molar refractivity (Wildman–Crippen MR) is 62.5 cm³/mol. The molecule has 1 aromatic carbocycles. The molecule has 0 aliphatic rings. The third kappa shape index (κ3) is 3.99. The molecule has 1 rings (SSSR count). The molecule has 15 heavy (non-hydrogen) atoms. The first kappa shape index (κ1) is 11.5. The fourth-order valence-electron chi connectivity index (χ4n) is 1.27. The molecule has 0 N–H and O–H groups in total. The molecular weight excluding hydrogens is 184 g/mol. The van der Waals surface area contributed by atoms with Gasteiger partial charge in [-0.05, 0) is 25.5 Å². The highest BCUT2D eigenvalue weighted by molar-refractivity contribution is 5.51. The predicted octanol–water partition coefficient (Wildman–Crippen LogP) is 2.96. The van der Waals surface area contributed by atoms with E-state index >= 15 is 0 Å². The first-order valence-corrected chi connectivity index (χ1v) is 5.28. The largest absolute Gasteiger partial charge is 0.303 e. The average molecular weight is 200 g/mol. The van der Waals surface area contributed by atoms with E-state index in [9.17, 15) is 4.79 Å². The second-order valence-electron chi connectivity index (χ2n) is 3.64. The average Bonchev–Trinajstić information content (AvgIpc) is 2.26. The van der Waals surface area contributed by atoms with Gasteiger partial charge in [0.2, 0.25) is 0 Å². The minimum Gasteiger partial charge on any atom is -0.303 e. The zero-order chi connectivity index (χ0) is 11.1. The van der Waals surface area contributed by atoms with Crippen molar-refractivity contribution in [1.29, 1.82) is 0 Å². The van der Waals surface area contributed by atoms with Gasteiger partial charge in [-0.15, -0.1) is 0 Å². The first-order chi connectivity index (χ1) is 7.26. The van der Waals surface area contributed by atoms with E-state index in [2.05, 4.69) is 25.7 Å². The van der Waals surface area contributed by atoms with E-state index in [1.807, 2.05) is 24.3 Å². The van der Waals surface area contributed by atoms with Crippen LogP contribution in [0.15, 0.2) is 24.3 Å². The van der Waals surface area contributed by atoms with E-state index in [0.717, 1.165) is 18.3 Å². The molecule has 0 heterocycles. The van der Waals surface area contributed by atoms with Crippen LogP contribution in [0.4, 0.5) is 0 Å². The lowest BCUT2D eigenvalue weighted by Gasteiger charge is -2.00. The van der Waals surface area contributed by atoms with Gasteiger partial charge in [0, 0.05) is 17.9 Å². The summed E-state index contributed by atoms with van der Waals surface area (Å²) in [6, 6.07) is 8.11. The van der Waals surface area contributed by atoms with E-state index < -0.39 is 0 Å². The van der Waals surface area contributed by atoms with E-state index in [1.165, 1.54) is 5.56 Å². The van der Waals surface area contributed by atoms with Crippen LogP contribution < -0.4 is 0 Å². The summed E-state index contributed by atoms with van der Waals surface area (Å²) in [6.07, 6.45) is 2.41. The highest BCUT2D eigenvalue weighted by Crippen LogP contribution is 2.06. The molecule has 0 unspecified atom stereocenters. The maximum absolute atomic E-state index is 10.4. The third-order valence-corrected chi connectivity index (χ3v) is 2.35. The number of hydrogen-bond acceptors (Lipinski definition) is 1. The van der Waals surface area contributed by atoms with Crippen LogP contribution in [0.1, 0.15) is 30.9 Å². The maximum Gasteiger partial charge on any atom is 0.121 e. The summed E-state index contributed by atoms with van der Waals surface area (Å²) in [5.41, 5.74) is 2.26. The number of carbonyl (C=O) groups excluding carboxylic acids is 1. The molecule has 0 aliphatic carbocycles. The number of hydrogen-bond donors (Lipinski definition) is 0. The lowest BCUT2D eigenvalue weighted by Crippen LogP contribution is -1.95. The molecule has 0 radical (unpaired) electrons. The Morgan fingerprint density at radius 3 is 2.53 bits per heavy atom. The molecule has 1 nitrogen and oxygen atoms in total. The van der Waals surface area contributed by atoms with Crippen molar-refractivity contribution >= 4 is 6.29 Å². The summed E-state index contributed by atoms with van der Waals surface area (Å²) in [5.74, 6) is 6.42. The summed E-state index contributed by atoms with van der Waals surface area (Å²) in [5, 5.41) is 0. The fourth-order valence-corrected chi connectivity index (χ4v) is 1.27. The van der Waals surface area contributed by atoms with Gasteiger partial charge in [-0.1, -0.05) is 36.5 Å². The highest BCUT2D eigenvalue weighted by atomic mass is 16.1. The Morgan fingerprint density at radius 1 is 1.33 bits per heavy atom. The molecule has 78 valence electrons. The van der Waals surface area contributed by atoms with Crippen LogP contribution in [0, 0.1) is 24.7 Å². The zero-order valence-electron chi connectivity index (χ0n) is 9.29. The Labute approximate surface area is 91.5 Å². The van der Waals surface area contributed by atoms with E-state index in [4.69, 9.17) is 0 Å². The van der Waals surface area contributed by atoms with Crippen molar-refractivity contribution in [2.24, 2.45) is 5.92 Å². The van der Waals surface area contributed by atoms with Crippen LogP contribution in [-0.4, -0.2) is 6.29 Å². The van der Waals surface area contributed by atoms with Crippen LogP contribution in [0.5, 0.6) is 0 Å². The number of rotatable bonds is 3. The normalized spacial score (nSPS) is 11.3. The zero-order valence-corrected chi connectivity index (χ0v) is 9.29. The number of aldehydes is 1. The maximum atomic E-state index is 10.4. The van der Waals surface area contributed by atoms with Crippen molar-refractivity contribution < 1.29 is 4.79 Å². The lowest BCUT2D eigenvalue weighted by atomic mass is 10.0. The topological polar surface area (TPSA) is 17.1 Å². The monoisotopic (exact) mass is 200 g/mol. The second-order valence-corrected chi connectivity index (χ2v) is 3.64. The molecule has 0 fully saturated rings. The van der Waals surface area contributed by atoms with Crippen LogP contribution >= 0.6 is 0 Å². The Kier molecular flexibility index (Phi) is 4.63. The summed E-state index contributed by atoms with van der Waals surface area (Å²) < 4.78 is 0. The molecule has 0 saturated heterocycles. The Bertz CT molecular complexity index is 365. The van der Waals surface area contributed by atoms with Crippen molar-refractivity contribution in [2.75, 3.05) is 0 Å². The highest BCUT2D eigenvalue weighted by Gasteiger charge is 1.99. The summed E-state index contributed by atoms with van der Waals surface area (Å²) in [6.45, 7) is 4.11. The quantitative estimate of drug-likeness (QED) is 0.541. The molecule has 1 aromatic rings. The molecule has 0 bridgehead atoms. The smallest absolute Gasteiger partial charge is 0.121 e. The fraction of sp³-hybridized carbons (Fsp3) is 0.357. The lowest BCUT2D eigenvalue weighted by molar-refractivity contribution is -0.108. The van der Waals surface area contributed by atoms with Crippen molar-refractivity contribution in [1.82, 2.24) is 0 Å². The van der Waals surface area contributed by atoms with E-state index in [1.54, 1.807) is 0 Å². The minimum absolute atomic E-state index is 0.198. The molecule has 0 saturated carbocycles. The van der Waals surface area contributed by atoms with Gasteiger partial charge in [-0.3, -0.25) is 0 Å². The number of aryl methyl sites for hydroxylation is 1. The second kappa shape index (κ2) is 6.03. The minimum atomic E-state index is 0.198. The van der Waals surface area contributed by atoms with Crippen LogP contribution in [-0.2, 0) is 4.79 Å². The van der Waals surface area contributed by atoms with Crippen molar-refractivity contribution in [3.8, 4) is 11.8 Å². The van der Waals surface area contributed by atoms with E-state index in [-0.39, 0.29) is 5.92 Å². The molecule has 0 spiro atoms. The van der Waals surface area contributed by atoms with E-state index in [0.29, 0.717) is 6.42 Å². The number of benzene rings is 1. The molecule has 1 atom stereocenters. The van der Waals surface area contributed by atoms with Gasteiger partial charge in [-0.2, -0.15) is 0 Å². The standard InChI is InChI=1S/C14H16O/c1-3-13(10-11-15)8-9-14-6-4-12(2)5-7-14/h4-7,11,13H,3,10H2,1-2H3/t13-/m0/s1. The van der Waals surface area contributed by atoms with Gasteiger partial charge in [0.25, 0.3) is 0 Å². The summed E-state index contributed by atoms with van der Waals surface area (Å²) >= 11 is 0. The van der Waals surface area contributed by atoms with Gasteiger partial charge in [-0.25, -0.2) is 0 Å². The Morgan fingerprint density at radius 2 is 2.00 bits per heavy atom. The summed E-state index contributed by atoms with van der Waals surface area (Å²) in [4.78, 5) is 10.4. The van der Waals surface area contributed by atoms with Crippen molar-refractivity contribution in [2.45, 2.75) is 26.7 Å². The molecule has 1 heteroatoms. The van der Waals surface area contributed by atoms with Crippen LogP contribution in [0.2, 0.25) is 0 Å². The van der Waals surface area contributed by atoms with Gasteiger partial charge in [0.15, 0.2) is 0 Å². The molecule has 0 aromatic heterocycles. The van der Waals surface area contributed by atoms with Gasteiger partial charge in [0.1, 0.15) is 6.29 Å². The SMILES string of the molecule is CC[C@@H](C#Cc1ccc(C)cc1)CC=O. The summed E-state index contributed by atoms with van der Waals surface area (Å²) in [7, 11) is 0. The van der Waals surface area contributed by atoms with Gasteiger partial charge < -0.3 is 4.79 Å². The van der Waals surface area contributed by atoms with Crippen molar-refractivity contribution in [3.63, 3.8) is 0 Å². The third-order valence-electron chi connectivity index (χ3n) is 2.35. The Balaban J connectivity index is 2.70. The van der Waals surface area contributed by atoms with Gasteiger partial charge >= 0.3 is 0 Å². The van der Waals surface area contributed by atoms with Gasteiger partial charge in [0.05, 0.1) is 0 Å². The van der Waals surface area contributed by atoms with Crippen LogP contribution in [0.3, 0.4) is 0 Å². The number of carbonyl (C=O) groups is 1. The van der Waals surface area contributed by atoms with Crippen molar-refractivity contribution in [3.05, 3.63) is 35.4 Å².